The molecule has 1 N–H and O–H groups in total. The Morgan fingerprint density at radius 1 is 1.17 bits per heavy atom. The molecular weight excluding hydrogens is 312 g/mol. The molecular formula is C15H14BrClO. The van der Waals surface area contributed by atoms with E-state index in [1.165, 1.54) is 5.56 Å². The van der Waals surface area contributed by atoms with E-state index >= 15 is 0 Å². The van der Waals surface area contributed by atoms with Gasteiger partial charge >= 0.3 is 0 Å². The molecule has 0 radical (unpaired) electrons. The van der Waals surface area contributed by atoms with Gasteiger partial charge in [-0.1, -0.05) is 35.9 Å². The Kier molecular flexibility index (Phi) is 4.10. The van der Waals surface area contributed by atoms with E-state index in [1.54, 1.807) is 6.07 Å². The molecule has 0 aliphatic rings. The van der Waals surface area contributed by atoms with Crippen molar-refractivity contribution in [1.29, 1.82) is 0 Å². The maximum atomic E-state index is 10.4. The molecule has 2 aromatic rings. The fourth-order valence-corrected chi connectivity index (χ4v) is 2.37. The summed E-state index contributed by atoms with van der Waals surface area (Å²) in [5.41, 5.74) is 4.02. The van der Waals surface area contributed by atoms with Gasteiger partial charge in [-0.3, -0.25) is 0 Å². The van der Waals surface area contributed by atoms with Crippen LogP contribution in [0.3, 0.4) is 0 Å². The quantitative estimate of drug-likeness (QED) is 0.841. The largest absolute Gasteiger partial charge is 0.384 e. The first-order valence-electron chi connectivity index (χ1n) is 5.70. The van der Waals surface area contributed by atoms with Crippen molar-refractivity contribution in [3.8, 4) is 0 Å². The summed E-state index contributed by atoms with van der Waals surface area (Å²) in [6, 6.07) is 11.5. The Labute approximate surface area is 121 Å². The molecule has 0 heterocycles. The van der Waals surface area contributed by atoms with Gasteiger partial charge in [0, 0.05) is 4.47 Å². The Morgan fingerprint density at radius 3 is 2.56 bits per heavy atom. The predicted molar refractivity (Wildman–Crippen MR) is 79.1 cm³/mol. The standard InChI is InChI=1S/C15H14BrClO/c1-9-4-3-5-12(10(9)2)15(18)11-6-7-13(16)14(17)8-11/h3-8,15,18H,1-2H3. The normalized spacial score (nSPS) is 12.5. The molecule has 1 nitrogen and oxygen atoms in total. The highest BCUT2D eigenvalue weighted by atomic mass is 79.9. The Bertz CT molecular complexity index is 581. The molecule has 1 atom stereocenters. The van der Waals surface area contributed by atoms with Gasteiger partial charge in [-0.2, -0.15) is 0 Å². The minimum Gasteiger partial charge on any atom is -0.384 e. The Balaban J connectivity index is 2.44. The molecule has 0 amide bonds. The lowest BCUT2D eigenvalue weighted by Gasteiger charge is -2.16. The number of hydrogen-bond donors (Lipinski definition) is 1. The van der Waals surface area contributed by atoms with Crippen LogP contribution in [0.1, 0.15) is 28.4 Å². The van der Waals surface area contributed by atoms with Gasteiger partial charge in [0.15, 0.2) is 0 Å². The second-order valence-electron chi connectivity index (χ2n) is 4.37. The first-order valence-corrected chi connectivity index (χ1v) is 6.87. The lowest BCUT2D eigenvalue weighted by molar-refractivity contribution is 0.219. The lowest BCUT2D eigenvalue weighted by atomic mass is 9.95. The molecule has 3 heteroatoms. The van der Waals surface area contributed by atoms with Gasteiger partial charge in [0.2, 0.25) is 0 Å². The minimum atomic E-state index is -0.643. The molecule has 18 heavy (non-hydrogen) atoms. The van der Waals surface area contributed by atoms with Gasteiger partial charge in [-0.15, -0.1) is 0 Å². The number of rotatable bonds is 2. The summed E-state index contributed by atoms with van der Waals surface area (Å²) < 4.78 is 0.834. The second-order valence-corrected chi connectivity index (χ2v) is 5.63. The van der Waals surface area contributed by atoms with Crippen molar-refractivity contribution < 1.29 is 5.11 Å². The zero-order valence-corrected chi connectivity index (χ0v) is 12.6. The van der Waals surface area contributed by atoms with Crippen LogP contribution >= 0.6 is 27.5 Å². The Hall–Kier alpha value is -0.830. The molecule has 0 aromatic heterocycles. The van der Waals surface area contributed by atoms with Crippen LogP contribution in [-0.4, -0.2) is 5.11 Å². The number of halogens is 2. The Morgan fingerprint density at radius 2 is 1.89 bits per heavy atom. The van der Waals surface area contributed by atoms with Crippen molar-refractivity contribution >= 4 is 27.5 Å². The summed E-state index contributed by atoms with van der Waals surface area (Å²) in [5, 5.41) is 11.0. The number of aliphatic hydroxyl groups excluding tert-OH is 1. The van der Waals surface area contributed by atoms with Crippen LogP contribution < -0.4 is 0 Å². The smallest absolute Gasteiger partial charge is 0.104 e. The van der Waals surface area contributed by atoms with E-state index in [0.717, 1.165) is 21.2 Å². The van der Waals surface area contributed by atoms with Gasteiger partial charge < -0.3 is 5.11 Å². The van der Waals surface area contributed by atoms with Crippen LogP contribution in [0.4, 0.5) is 0 Å². The zero-order chi connectivity index (χ0) is 13.3. The second kappa shape index (κ2) is 5.43. The first-order chi connectivity index (χ1) is 8.50. The predicted octanol–water partition coefficient (Wildman–Crippen LogP) is 4.80. The number of hydrogen-bond acceptors (Lipinski definition) is 1. The third-order valence-corrected chi connectivity index (χ3v) is 4.43. The van der Waals surface area contributed by atoms with E-state index < -0.39 is 6.10 Å². The molecule has 94 valence electrons. The first kappa shape index (κ1) is 13.6. The van der Waals surface area contributed by atoms with Gasteiger partial charge in [0.1, 0.15) is 6.10 Å². The molecule has 0 saturated heterocycles. The molecule has 0 saturated carbocycles. The van der Waals surface area contributed by atoms with Crippen LogP contribution in [0, 0.1) is 13.8 Å². The number of aryl methyl sites for hydroxylation is 1. The van der Waals surface area contributed by atoms with Crippen LogP contribution in [0.2, 0.25) is 5.02 Å². The molecule has 0 fully saturated rings. The average molecular weight is 326 g/mol. The van der Waals surface area contributed by atoms with Crippen LogP contribution in [0.25, 0.3) is 0 Å². The van der Waals surface area contributed by atoms with Gasteiger partial charge in [-0.05, 0) is 64.2 Å². The van der Waals surface area contributed by atoms with E-state index in [4.69, 9.17) is 11.6 Å². The molecule has 1 unspecified atom stereocenters. The van der Waals surface area contributed by atoms with Crippen molar-refractivity contribution in [2.45, 2.75) is 20.0 Å². The van der Waals surface area contributed by atoms with Gasteiger partial charge in [0.25, 0.3) is 0 Å². The lowest BCUT2D eigenvalue weighted by Crippen LogP contribution is -2.03. The minimum absolute atomic E-state index is 0.608. The third kappa shape index (κ3) is 2.61. The average Bonchev–Trinajstić information content (AvgIpc) is 2.35. The highest BCUT2D eigenvalue weighted by Gasteiger charge is 2.14. The highest BCUT2D eigenvalue weighted by Crippen LogP contribution is 2.30. The van der Waals surface area contributed by atoms with Crippen molar-refractivity contribution in [2.24, 2.45) is 0 Å². The summed E-state index contributed by atoms with van der Waals surface area (Å²) in [5.74, 6) is 0. The summed E-state index contributed by atoms with van der Waals surface area (Å²) in [6.07, 6.45) is -0.643. The fraction of sp³-hybridized carbons (Fsp3) is 0.200. The number of aliphatic hydroxyl groups is 1. The zero-order valence-electron chi connectivity index (χ0n) is 10.2. The van der Waals surface area contributed by atoms with E-state index in [0.29, 0.717) is 5.02 Å². The maximum absolute atomic E-state index is 10.4. The number of benzene rings is 2. The fourth-order valence-electron chi connectivity index (χ4n) is 1.93. The highest BCUT2D eigenvalue weighted by molar-refractivity contribution is 9.10. The third-order valence-electron chi connectivity index (χ3n) is 3.20. The van der Waals surface area contributed by atoms with Gasteiger partial charge in [-0.25, -0.2) is 0 Å². The van der Waals surface area contributed by atoms with Gasteiger partial charge in [0.05, 0.1) is 5.02 Å². The summed E-state index contributed by atoms with van der Waals surface area (Å²) in [6.45, 7) is 4.06. The monoisotopic (exact) mass is 324 g/mol. The molecule has 0 spiro atoms. The van der Waals surface area contributed by atoms with Crippen molar-refractivity contribution in [3.63, 3.8) is 0 Å². The maximum Gasteiger partial charge on any atom is 0.104 e. The van der Waals surface area contributed by atoms with Crippen LogP contribution in [0.5, 0.6) is 0 Å². The van der Waals surface area contributed by atoms with E-state index in [-0.39, 0.29) is 0 Å². The molecule has 0 aliphatic heterocycles. The topological polar surface area (TPSA) is 20.2 Å². The van der Waals surface area contributed by atoms with Crippen molar-refractivity contribution in [1.82, 2.24) is 0 Å². The SMILES string of the molecule is Cc1cccc(C(O)c2ccc(Br)c(Cl)c2)c1C. The molecule has 0 bridgehead atoms. The molecule has 0 aliphatic carbocycles. The van der Waals surface area contributed by atoms with E-state index in [2.05, 4.69) is 15.9 Å². The van der Waals surface area contributed by atoms with E-state index in [9.17, 15) is 5.11 Å². The van der Waals surface area contributed by atoms with Crippen molar-refractivity contribution in [3.05, 3.63) is 68.1 Å². The molecule has 2 rings (SSSR count). The van der Waals surface area contributed by atoms with Crippen molar-refractivity contribution in [2.75, 3.05) is 0 Å². The molecule has 2 aromatic carbocycles. The summed E-state index contributed by atoms with van der Waals surface area (Å²) in [7, 11) is 0. The van der Waals surface area contributed by atoms with Crippen LogP contribution in [-0.2, 0) is 0 Å². The summed E-state index contributed by atoms with van der Waals surface area (Å²) in [4.78, 5) is 0. The van der Waals surface area contributed by atoms with Crippen LogP contribution in [0.15, 0.2) is 40.9 Å². The summed E-state index contributed by atoms with van der Waals surface area (Å²) >= 11 is 9.41. The van der Waals surface area contributed by atoms with E-state index in [1.807, 2.05) is 44.2 Å².